The van der Waals surface area contributed by atoms with Gasteiger partial charge in [0, 0.05) is 12.6 Å². The average Bonchev–Trinajstić information content (AvgIpc) is 2.67. The first-order valence-corrected chi connectivity index (χ1v) is 8.94. The van der Waals surface area contributed by atoms with Gasteiger partial charge in [-0.3, -0.25) is 0 Å². The molecule has 2 N–H and O–H groups in total. The summed E-state index contributed by atoms with van der Waals surface area (Å²) in [5.41, 5.74) is 2.35. The summed E-state index contributed by atoms with van der Waals surface area (Å²) in [5, 5.41) is 13.0. The normalized spacial score (nSPS) is 12.0. The number of nitrogens with one attached hydrogen (secondary N) is 1. The van der Waals surface area contributed by atoms with Crippen LogP contribution in [0.1, 0.15) is 30.9 Å². The van der Waals surface area contributed by atoms with E-state index in [1.807, 2.05) is 36.4 Å². The molecule has 0 aliphatic rings. The van der Waals surface area contributed by atoms with Gasteiger partial charge in [-0.2, -0.15) is 0 Å². The molecule has 0 aromatic heterocycles. The minimum Gasteiger partial charge on any atom is -0.497 e. The van der Waals surface area contributed by atoms with Gasteiger partial charge in [0.1, 0.15) is 11.5 Å². The maximum atomic E-state index is 9.64. The molecule has 0 saturated heterocycles. The lowest BCUT2D eigenvalue weighted by Gasteiger charge is -2.17. The van der Waals surface area contributed by atoms with Gasteiger partial charge in [-0.05, 0) is 48.2 Å². The average molecular weight is 343 g/mol. The summed E-state index contributed by atoms with van der Waals surface area (Å²) in [6.07, 6.45) is 2.99. The van der Waals surface area contributed by atoms with Crippen molar-refractivity contribution in [2.75, 3.05) is 20.3 Å². The van der Waals surface area contributed by atoms with Crippen molar-refractivity contribution in [1.29, 1.82) is 0 Å². The lowest BCUT2D eigenvalue weighted by atomic mass is 10.1. The number of aliphatic hydroxyl groups is 1. The highest BCUT2D eigenvalue weighted by molar-refractivity contribution is 5.28. The number of methoxy groups -OCH3 is 1. The van der Waals surface area contributed by atoms with E-state index in [0.717, 1.165) is 37.4 Å². The van der Waals surface area contributed by atoms with E-state index in [-0.39, 0.29) is 12.6 Å². The number of rotatable bonds is 11. The quantitative estimate of drug-likeness (QED) is 0.613. The van der Waals surface area contributed by atoms with Gasteiger partial charge in [-0.25, -0.2) is 0 Å². The summed E-state index contributed by atoms with van der Waals surface area (Å²) in [6.45, 7) is 3.73. The van der Waals surface area contributed by atoms with E-state index in [1.165, 1.54) is 11.1 Å². The van der Waals surface area contributed by atoms with Crippen molar-refractivity contribution in [2.24, 2.45) is 0 Å². The molecule has 0 fully saturated rings. The van der Waals surface area contributed by atoms with E-state index in [9.17, 15) is 5.11 Å². The molecule has 0 amide bonds. The van der Waals surface area contributed by atoms with E-state index in [0.29, 0.717) is 6.54 Å². The number of unbranched alkanes of at least 4 members (excludes halogenated alkanes) is 1. The Morgan fingerprint density at radius 3 is 2.20 bits per heavy atom. The topological polar surface area (TPSA) is 50.7 Å². The SMILES string of the molecule is CCCCOc1ccc(CC(CO)NCc2ccc(OC)cc2)cc1. The molecule has 1 atom stereocenters. The highest BCUT2D eigenvalue weighted by Crippen LogP contribution is 2.15. The zero-order valence-electron chi connectivity index (χ0n) is 15.2. The first kappa shape index (κ1) is 19.3. The van der Waals surface area contributed by atoms with Gasteiger partial charge in [0.15, 0.2) is 0 Å². The van der Waals surface area contributed by atoms with E-state index >= 15 is 0 Å². The Morgan fingerprint density at radius 2 is 1.60 bits per heavy atom. The maximum Gasteiger partial charge on any atom is 0.119 e. The van der Waals surface area contributed by atoms with Crippen molar-refractivity contribution in [3.05, 3.63) is 59.7 Å². The zero-order valence-corrected chi connectivity index (χ0v) is 15.2. The van der Waals surface area contributed by atoms with Crippen LogP contribution in [0.25, 0.3) is 0 Å². The fraction of sp³-hybridized carbons (Fsp3) is 0.429. The van der Waals surface area contributed by atoms with Crippen molar-refractivity contribution < 1.29 is 14.6 Å². The van der Waals surface area contributed by atoms with Crippen LogP contribution in [0.5, 0.6) is 11.5 Å². The Bertz CT molecular complexity index is 596. The first-order chi connectivity index (χ1) is 12.2. The Balaban J connectivity index is 1.81. The second-order valence-corrected chi connectivity index (χ2v) is 6.16. The molecule has 0 aliphatic heterocycles. The van der Waals surface area contributed by atoms with E-state index in [2.05, 4.69) is 24.4 Å². The van der Waals surface area contributed by atoms with Crippen LogP contribution in [0.3, 0.4) is 0 Å². The highest BCUT2D eigenvalue weighted by atomic mass is 16.5. The lowest BCUT2D eigenvalue weighted by Crippen LogP contribution is -2.34. The molecule has 4 nitrogen and oxygen atoms in total. The number of aliphatic hydroxyl groups excluding tert-OH is 1. The molecule has 4 heteroatoms. The first-order valence-electron chi connectivity index (χ1n) is 8.94. The Labute approximate surface area is 150 Å². The fourth-order valence-electron chi connectivity index (χ4n) is 2.55. The molecule has 0 saturated carbocycles. The van der Waals surface area contributed by atoms with Crippen LogP contribution in [0, 0.1) is 0 Å². The van der Waals surface area contributed by atoms with Gasteiger partial charge >= 0.3 is 0 Å². The Morgan fingerprint density at radius 1 is 0.960 bits per heavy atom. The molecule has 0 bridgehead atoms. The second kappa shape index (κ2) is 10.7. The second-order valence-electron chi connectivity index (χ2n) is 6.16. The summed E-state index contributed by atoms with van der Waals surface area (Å²) in [5.74, 6) is 1.76. The summed E-state index contributed by atoms with van der Waals surface area (Å²) >= 11 is 0. The van der Waals surface area contributed by atoms with Crippen molar-refractivity contribution in [1.82, 2.24) is 5.32 Å². The highest BCUT2D eigenvalue weighted by Gasteiger charge is 2.08. The van der Waals surface area contributed by atoms with Crippen molar-refractivity contribution in [2.45, 2.75) is 38.8 Å². The molecule has 0 aliphatic carbocycles. The van der Waals surface area contributed by atoms with Crippen LogP contribution in [-0.2, 0) is 13.0 Å². The number of hydrogen-bond acceptors (Lipinski definition) is 4. The van der Waals surface area contributed by atoms with Gasteiger partial charge in [-0.15, -0.1) is 0 Å². The van der Waals surface area contributed by atoms with Gasteiger partial charge in [0.2, 0.25) is 0 Å². The fourth-order valence-corrected chi connectivity index (χ4v) is 2.55. The van der Waals surface area contributed by atoms with Gasteiger partial charge in [0.05, 0.1) is 20.3 Å². The molecule has 0 radical (unpaired) electrons. The van der Waals surface area contributed by atoms with Gasteiger partial charge < -0.3 is 19.9 Å². The number of ether oxygens (including phenoxy) is 2. The minimum atomic E-state index is 0.0222. The molecule has 2 aromatic carbocycles. The minimum absolute atomic E-state index is 0.0222. The van der Waals surface area contributed by atoms with Crippen LogP contribution in [0.4, 0.5) is 0 Å². The summed E-state index contributed by atoms with van der Waals surface area (Å²) < 4.78 is 10.8. The molecule has 0 spiro atoms. The predicted molar refractivity (Wildman–Crippen MR) is 101 cm³/mol. The molecule has 1 unspecified atom stereocenters. The zero-order chi connectivity index (χ0) is 17.9. The summed E-state index contributed by atoms with van der Waals surface area (Å²) in [4.78, 5) is 0. The third-order valence-electron chi connectivity index (χ3n) is 4.15. The Kier molecular flexibility index (Phi) is 8.29. The van der Waals surface area contributed by atoms with Crippen LogP contribution < -0.4 is 14.8 Å². The largest absolute Gasteiger partial charge is 0.497 e. The van der Waals surface area contributed by atoms with Crippen molar-refractivity contribution in [3.63, 3.8) is 0 Å². The summed E-state index contributed by atoms with van der Waals surface area (Å²) in [6, 6.07) is 16.1. The van der Waals surface area contributed by atoms with Crippen molar-refractivity contribution in [3.8, 4) is 11.5 Å². The van der Waals surface area contributed by atoms with Crippen LogP contribution in [0.2, 0.25) is 0 Å². The molecular weight excluding hydrogens is 314 g/mol. The lowest BCUT2D eigenvalue weighted by molar-refractivity contribution is 0.240. The van der Waals surface area contributed by atoms with Crippen LogP contribution in [0.15, 0.2) is 48.5 Å². The van der Waals surface area contributed by atoms with E-state index in [4.69, 9.17) is 9.47 Å². The van der Waals surface area contributed by atoms with Crippen molar-refractivity contribution >= 4 is 0 Å². The molecule has 2 rings (SSSR count). The Hall–Kier alpha value is -2.04. The smallest absolute Gasteiger partial charge is 0.119 e. The monoisotopic (exact) mass is 343 g/mol. The van der Waals surface area contributed by atoms with Gasteiger partial charge in [-0.1, -0.05) is 37.6 Å². The van der Waals surface area contributed by atoms with E-state index < -0.39 is 0 Å². The van der Waals surface area contributed by atoms with E-state index in [1.54, 1.807) is 7.11 Å². The number of benzene rings is 2. The third kappa shape index (κ3) is 6.77. The molecule has 136 valence electrons. The third-order valence-corrected chi connectivity index (χ3v) is 4.15. The molecular formula is C21H29NO3. The summed E-state index contributed by atoms with van der Waals surface area (Å²) in [7, 11) is 1.66. The van der Waals surface area contributed by atoms with Crippen LogP contribution in [-0.4, -0.2) is 31.5 Å². The predicted octanol–water partition coefficient (Wildman–Crippen LogP) is 3.57. The van der Waals surface area contributed by atoms with Gasteiger partial charge in [0.25, 0.3) is 0 Å². The maximum absolute atomic E-state index is 9.64. The molecule has 2 aromatic rings. The standard InChI is InChI=1S/C21H29NO3/c1-3-4-13-25-21-11-5-17(6-12-21)14-19(16-23)22-15-18-7-9-20(24-2)10-8-18/h5-12,19,22-23H,3-4,13-16H2,1-2H3. The number of hydrogen-bond donors (Lipinski definition) is 2. The van der Waals surface area contributed by atoms with Crippen LogP contribution >= 0.6 is 0 Å². The molecule has 0 heterocycles. The molecule has 25 heavy (non-hydrogen) atoms.